The van der Waals surface area contributed by atoms with Gasteiger partial charge in [-0.3, -0.25) is 13.8 Å². The minimum atomic E-state index is -3.70. The van der Waals surface area contributed by atoms with E-state index in [1.54, 1.807) is 38.1 Å². The molecule has 1 aromatic carbocycles. The van der Waals surface area contributed by atoms with Crippen LogP contribution in [-0.2, 0) is 27.7 Å². The molecule has 170 valence electrons. The van der Waals surface area contributed by atoms with Crippen molar-refractivity contribution in [2.75, 3.05) is 19.8 Å². The molecule has 0 N–H and O–H groups in total. The highest BCUT2D eigenvalue weighted by Crippen LogP contribution is 2.54. The summed E-state index contributed by atoms with van der Waals surface area (Å²) in [5, 5.41) is 0. The third-order valence-electron chi connectivity index (χ3n) is 5.70. The predicted octanol–water partition coefficient (Wildman–Crippen LogP) is 5.32. The maximum Gasteiger partial charge on any atom is 0.529 e. The maximum atomic E-state index is 12.8. The second-order valence-corrected chi connectivity index (χ2v) is 9.40. The Kier molecular flexibility index (Phi) is 8.47. The number of carbonyl (C=O) groups is 2. The second-order valence-electron chi connectivity index (χ2n) is 7.81. The minimum Gasteiger partial charge on any atom is -0.462 e. The highest BCUT2D eigenvalue weighted by Gasteiger charge is 2.42. The number of allylic oxidation sites excluding steroid dienone is 2. The Balaban J connectivity index is 1.71. The van der Waals surface area contributed by atoms with Crippen molar-refractivity contribution in [3.63, 3.8) is 0 Å². The van der Waals surface area contributed by atoms with Crippen molar-refractivity contribution < 1.29 is 32.5 Å². The number of ether oxygens (including phenoxy) is 1. The number of esters is 1. The number of hydrogen-bond donors (Lipinski definition) is 0. The van der Waals surface area contributed by atoms with E-state index in [0.29, 0.717) is 30.6 Å². The van der Waals surface area contributed by atoms with E-state index < -0.39 is 7.82 Å². The first-order chi connectivity index (χ1) is 15.0. The molecule has 0 saturated heterocycles. The molecule has 0 amide bonds. The van der Waals surface area contributed by atoms with E-state index in [1.807, 2.05) is 12.1 Å². The van der Waals surface area contributed by atoms with Crippen LogP contribution in [0.4, 0.5) is 0 Å². The Labute approximate surface area is 183 Å². The molecule has 0 aromatic heterocycles. The number of rotatable bonds is 10. The smallest absolute Gasteiger partial charge is 0.462 e. The molecule has 0 spiro atoms. The van der Waals surface area contributed by atoms with Gasteiger partial charge in [0, 0.05) is 18.8 Å². The number of fused-ring (bicyclic) bond motifs is 1. The number of Topliss-reactive ketones (excluding diaryl/α,β-unsaturated/α-hetero) is 1. The Hall–Kier alpha value is -1.95. The Bertz CT molecular complexity index is 826. The molecular formula is C23H31O7P. The Morgan fingerprint density at radius 3 is 2.52 bits per heavy atom. The van der Waals surface area contributed by atoms with E-state index in [-0.39, 0.29) is 49.3 Å². The molecule has 0 heterocycles. The van der Waals surface area contributed by atoms with Crippen molar-refractivity contribution in [1.29, 1.82) is 0 Å². The Morgan fingerprint density at radius 1 is 1.13 bits per heavy atom. The standard InChI is InChI=1S/C23H31O7P/c1-3-28-31(26,29-4-2)30-20-15-18-11-8-12-21(24)22(18)19(16-20)13-14-27-23(25)17-9-6-5-7-10-17/h5-7,9-10,16,18-19,22H,3-4,8,11-15H2,1-2H3/t18-,19?,22-/m0/s1. The highest BCUT2D eigenvalue weighted by molar-refractivity contribution is 7.48. The summed E-state index contributed by atoms with van der Waals surface area (Å²) in [6, 6.07) is 8.81. The van der Waals surface area contributed by atoms with Crippen molar-refractivity contribution in [2.24, 2.45) is 17.8 Å². The molecule has 3 atom stereocenters. The van der Waals surface area contributed by atoms with Gasteiger partial charge >= 0.3 is 13.8 Å². The summed E-state index contributed by atoms with van der Waals surface area (Å²) in [6.07, 6.45) is 5.20. The van der Waals surface area contributed by atoms with Gasteiger partial charge in [-0.25, -0.2) is 9.36 Å². The molecule has 8 heteroatoms. The largest absolute Gasteiger partial charge is 0.529 e. The molecule has 1 saturated carbocycles. The molecule has 1 fully saturated rings. The lowest BCUT2D eigenvalue weighted by Crippen LogP contribution is -2.37. The van der Waals surface area contributed by atoms with Gasteiger partial charge in [-0.05, 0) is 63.2 Å². The van der Waals surface area contributed by atoms with Crippen LogP contribution in [0.3, 0.4) is 0 Å². The van der Waals surface area contributed by atoms with Crippen LogP contribution in [0.2, 0.25) is 0 Å². The molecule has 0 aliphatic heterocycles. The van der Waals surface area contributed by atoms with Gasteiger partial charge in [0.05, 0.1) is 25.4 Å². The van der Waals surface area contributed by atoms with Crippen LogP contribution >= 0.6 is 7.82 Å². The lowest BCUT2D eigenvalue weighted by molar-refractivity contribution is -0.129. The normalized spacial score (nSPS) is 23.6. The van der Waals surface area contributed by atoms with Crippen LogP contribution in [0.5, 0.6) is 0 Å². The number of phosphoric acid groups is 1. The van der Waals surface area contributed by atoms with Gasteiger partial charge in [0.2, 0.25) is 0 Å². The predicted molar refractivity (Wildman–Crippen MR) is 115 cm³/mol. The van der Waals surface area contributed by atoms with Gasteiger partial charge < -0.3 is 9.26 Å². The van der Waals surface area contributed by atoms with Crippen molar-refractivity contribution in [3.05, 3.63) is 47.7 Å². The maximum absolute atomic E-state index is 12.8. The summed E-state index contributed by atoms with van der Waals surface area (Å²) in [7, 11) is -3.70. The van der Waals surface area contributed by atoms with Crippen LogP contribution in [0, 0.1) is 17.8 Å². The first kappa shape index (κ1) is 23.7. The van der Waals surface area contributed by atoms with Crippen LogP contribution in [0.1, 0.15) is 56.3 Å². The minimum absolute atomic E-state index is 0.118. The molecule has 1 unspecified atom stereocenters. The van der Waals surface area contributed by atoms with Gasteiger partial charge in [0.25, 0.3) is 0 Å². The molecule has 0 radical (unpaired) electrons. The summed E-state index contributed by atoms with van der Waals surface area (Å²) in [5.41, 5.74) is 0.492. The summed E-state index contributed by atoms with van der Waals surface area (Å²) >= 11 is 0. The average molecular weight is 450 g/mol. The van der Waals surface area contributed by atoms with Gasteiger partial charge in [-0.2, -0.15) is 0 Å². The number of ketones is 1. The number of benzene rings is 1. The number of hydrogen-bond acceptors (Lipinski definition) is 7. The molecule has 1 aromatic rings. The van der Waals surface area contributed by atoms with Crippen molar-refractivity contribution in [3.8, 4) is 0 Å². The Morgan fingerprint density at radius 2 is 1.84 bits per heavy atom. The lowest BCUT2D eigenvalue weighted by atomic mass is 9.66. The first-order valence-electron chi connectivity index (χ1n) is 11.0. The number of phosphoric ester groups is 1. The van der Waals surface area contributed by atoms with E-state index in [1.165, 1.54) is 0 Å². The zero-order valence-corrected chi connectivity index (χ0v) is 19.1. The summed E-state index contributed by atoms with van der Waals surface area (Å²) in [6.45, 7) is 4.04. The molecule has 0 bridgehead atoms. The van der Waals surface area contributed by atoms with Crippen LogP contribution < -0.4 is 0 Å². The van der Waals surface area contributed by atoms with E-state index in [2.05, 4.69) is 0 Å². The summed E-state index contributed by atoms with van der Waals surface area (Å²) in [4.78, 5) is 24.9. The molecule has 3 rings (SSSR count). The number of carbonyl (C=O) groups excluding carboxylic acids is 2. The summed E-state index contributed by atoms with van der Waals surface area (Å²) in [5.74, 6) is 0.217. The molecular weight excluding hydrogens is 419 g/mol. The molecule has 2 aliphatic rings. The highest BCUT2D eigenvalue weighted by atomic mass is 31.2. The van der Waals surface area contributed by atoms with Crippen molar-refractivity contribution >= 4 is 19.6 Å². The third-order valence-corrected chi connectivity index (χ3v) is 7.31. The quantitative estimate of drug-likeness (QED) is 0.352. The van der Waals surface area contributed by atoms with E-state index >= 15 is 0 Å². The molecule has 2 aliphatic carbocycles. The van der Waals surface area contributed by atoms with Crippen LogP contribution in [-0.4, -0.2) is 31.6 Å². The van der Waals surface area contributed by atoms with Gasteiger partial charge in [0.1, 0.15) is 11.5 Å². The third kappa shape index (κ3) is 6.28. The lowest BCUT2D eigenvalue weighted by Gasteiger charge is -2.39. The van der Waals surface area contributed by atoms with Crippen molar-refractivity contribution in [1.82, 2.24) is 0 Å². The van der Waals surface area contributed by atoms with E-state index in [9.17, 15) is 14.2 Å². The van der Waals surface area contributed by atoms with Gasteiger partial charge in [-0.1, -0.05) is 18.2 Å². The van der Waals surface area contributed by atoms with Crippen LogP contribution in [0.25, 0.3) is 0 Å². The summed E-state index contributed by atoms with van der Waals surface area (Å²) < 4.78 is 34.5. The van der Waals surface area contributed by atoms with E-state index in [4.69, 9.17) is 18.3 Å². The zero-order valence-electron chi connectivity index (χ0n) is 18.2. The SMILES string of the molecule is CCOP(=O)(OCC)OC1=CC(CCOC(=O)c2ccccc2)[C@H]2C(=O)CCC[C@H]2C1. The molecule has 7 nitrogen and oxygen atoms in total. The topological polar surface area (TPSA) is 88.1 Å². The molecule has 31 heavy (non-hydrogen) atoms. The van der Waals surface area contributed by atoms with E-state index in [0.717, 1.165) is 12.8 Å². The fourth-order valence-corrected chi connectivity index (χ4v) is 5.69. The second kappa shape index (κ2) is 11.1. The average Bonchev–Trinajstić information content (AvgIpc) is 2.74. The van der Waals surface area contributed by atoms with Gasteiger partial charge in [0.15, 0.2) is 0 Å². The fraction of sp³-hybridized carbons (Fsp3) is 0.565. The monoisotopic (exact) mass is 450 g/mol. The zero-order chi connectivity index (χ0) is 22.3. The fourth-order valence-electron chi connectivity index (χ4n) is 4.46. The van der Waals surface area contributed by atoms with Gasteiger partial charge in [-0.15, -0.1) is 0 Å². The van der Waals surface area contributed by atoms with Crippen molar-refractivity contribution in [2.45, 2.75) is 46.0 Å². The first-order valence-corrected chi connectivity index (χ1v) is 12.5. The van der Waals surface area contributed by atoms with Crippen LogP contribution in [0.15, 0.2) is 42.2 Å².